The van der Waals surface area contributed by atoms with Crippen LogP contribution in [0.2, 0.25) is 0 Å². The van der Waals surface area contributed by atoms with Gasteiger partial charge in [0.15, 0.2) is 5.75 Å². The minimum absolute atomic E-state index is 0.111. The molecule has 0 unspecified atom stereocenters. The third-order valence-corrected chi connectivity index (χ3v) is 3.78. The lowest BCUT2D eigenvalue weighted by molar-refractivity contribution is -0.128. The molecule has 21 heavy (non-hydrogen) atoms. The van der Waals surface area contributed by atoms with Crippen molar-refractivity contribution >= 4 is 44.7 Å². The Hall–Kier alpha value is -3.08. The van der Waals surface area contributed by atoms with Gasteiger partial charge in [-0.1, -0.05) is 24.3 Å². The summed E-state index contributed by atoms with van der Waals surface area (Å²) in [6.45, 7) is 0. The highest BCUT2D eigenvalue weighted by Gasteiger charge is 2.35. The molecule has 0 aliphatic carbocycles. The number of benzene rings is 3. The molecule has 0 spiro atoms. The minimum Gasteiger partial charge on any atom is -0.417 e. The Labute approximate surface area is 119 Å². The number of hydrogen-bond acceptors (Lipinski definition) is 5. The van der Waals surface area contributed by atoms with Crippen LogP contribution in [0.4, 0.5) is 11.4 Å². The van der Waals surface area contributed by atoms with Crippen molar-refractivity contribution in [3.63, 3.8) is 0 Å². The maximum atomic E-state index is 12.1. The highest BCUT2D eigenvalue weighted by molar-refractivity contribution is 6.48. The molecule has 0 bridgehead atoms. The fourth-order valence-electron chi connectivity index (χ4n) is 2.85. The van der Waals surface area contributed by atoms with E-state index in [1.807, 2.05) is 30.3 Å². The molecule has 0 amide bonds. The summed E-state index contributed by atoms with van der Waals surface area (Å²) < 4.78 is 4.96. The number of nitrogens with two attached hydrogens (primary N) is 2. The van der Waals surface area contributed by atoms with Crippen LogP contribution in [0.5, 0.6) is 5.75 Å². The van der Waals surface area contributed by atoms with Gasteiger partial charge < -0.3 is 16.2 Å². The van der Waals surface area contributed by atoms with E-state index in [0.29, 0.717) is 16.5 Å². The van der Waals surface area contributed by atoms with Gasteiger partial charge in [-0.3, -0.25) is 4.79 Å². The fourth-order valence-corrected chi connectivity index (χ4v) is 2.85. The molecule has 1 heterocycles. The molecule has 0 saturated heterocycles. The molecular formula is C16H10N2O3. The molecule has 0 aromatic heterocycles. The number of fused-ring (bicyclic) bond motifs is 4. The SMILES string of the molecule is Nc1cc2cc3ccccc3c(N)c2c2c1OC(=O)C2=O. The van der Waals surface area contributed by atoms with Crippen LogP contribution in [0.3, 0.4) is 0 Å². The summed E-state index contributed by atoms with van der Waals surface area (Å²) in [5.41, 5.74) is 13.0. The summed E-state index contributed by atoms with van der Waals surface area (Å²) >= 11 is 0. The molecule has 1 aliphatic heterocycles. The molecule has 5 nitrogen and oxygen atoms in total. The second-order valence-electron chi connectivity index (χ2n) is 5.00. The van der Waals surface area contributed by atoms with Crippen molar-refractivity contribution in [3.8, 4) is 5.75 Å². The summed E-state index contributed by atoms with van der Waals surface area (Å²) in [5, 5.41) is 3.01. The van der Waals surface area contributed by atoms with E-state index in [1.165, 1.54) is 0 Å². The number of esters is 1. The van der Waals surface area contributed by atoms with Crippen LogP contribution in [-0.2, 0) is 4.79 Å². The van der Waals surface area contributed by atoms with E-state index in [0.717, 1.165) is 10.8 Å². The standard InChI is InChI=1S/C16H10N2O3/c17-10-6-8-5-7-3-1-2-4-9(7)13(18)11(8)12-14(19)16(20)21-15(10)12/h1-6H,17-18H2. The summed E-state index contributed by atoms with van der Waals surface area (Å²) in [7, 11) is 0. The van der Waals surface area contributed by atoms with Gasteiger partial charge >= 0.3 is 5.97 Å². The third-order valence-electron chi connectivity index (χ3n) is 3.78. The lowest BCUT2D eigenvalue weighted by atomic mass is 9.95. The first-order valence-electron chi connectivity index (χ1n) is 6.38. The van der Waals surface area contributed by atoms with Gasteiger partial charge in [0, 0.05) is 16.5 Å². The van der Waals surface area contributed by atoms with Crippen LogP contribution in [0, 0.1) is 0 Å². The average molecular weight is 278 g/mol. The minimum atomic E-state index is -0.920. The topological polar surface area (TPSA) is 95.4 Å². The van der Waals surface area contributed by atoms with E-state index >= 15 is 0 Å². The van der Waals surface area contributed by atoms with E-state index in [9.17, 15) is 9.59 Å². The van der Waals surface area contributed by atoms with Crippen molar-refractivity contribution in [2.45, 2.75) is 0 Å². The Kier molecular flexibility index (Phi) is 2.08. The molecule has 0 atom stereocenters. The van der Waals surface area contributed by atoms with Crippen molar-refractivity contribution in [2.24, 2.45) is 0 Å². The normalized spacial score (nSPS) is 13.7. The zero-order chi connectivity index (χ0) is 14.7. The molecule has 5 heteroatoms. The molecule has 0 fully saturated rings. The van der Waals surface area contributed by atoms with E-state index in [2.05, 4.69) is 0 Å². The van der Waals surface area contributed by atoms with Crippen LogP contribution >= 0.6 is 0 Å². The number of carbonyl (C=O) groups excluding carboxylic acids is 2. The first-order chi connectivity index (χ1) is 10.1. The number of ketones is 1. The molecular weight excluding hydrogens is 268 g/mol. The maximum Gasteiger partial charge on any atom is 0.385 e. The molecule has 4 N–H and O–H groups in total. The molecule has 3 aromatic rings. The molecule has 1 aliphatic rings. The first-order valence-corrected chi connectivity index (χ1v) is 6.38. The smallest absolute Gasteiger partial charge is 0.385 e. The van der Waals surface area contributed by atoms with Gasteiger partial charge in [-0.2, -0.15) is 0 Å². The fraction of sp³-hybridized carbons (Fsp3) is 0. The molecule has 4 rings (SSSR count). The van der Waals surface area contributed by atoms with Crippen LogP contribution in [-0.4, -0.2) is 11.8 Å². The number of anilines is 2. The van der Waals surface area contributed by atoms with Crippen LogP contribution in [0.25, 0.3) is 21.5 Å². The Balaban J connectivity index is 2.27. The lowest BCUT2D eigenvalue weighted by Gasteiger charge is -2.11. The van der Waals surface area contributed by atoms with Gasteiger partial charge in [-0.25, -0.2) is 4.79 Å². The molecule has 3 aromatic carbocycles. The third kappa shape index (κ3) is 1.40. The highest BCUT2D eigenvalue weighted by atomic mass is 16.5. The summed E-state index contributed by atoms with van der Waals surface area (Å²) in [4.78, 5) is 23.6. The number of hydrogen-bond donors (Lipinski definition) is 2. The number of rotatable bonds is 0. The Morgan fingerprint density at radius 2 is 1.71 bits per heavy atom. The lowest BCUT2D eigenvalue weighted by Crippen LogP contribution is -2.11. The van der Waals surface area contributed by atoms with E-state index in [1.54, 1.807) is 6.07 Å². The van der Waals surface area contributed by atoms with Crippen molar-refractivity contribution < 1.29 is 14.3 Å². The first kappa shape index (κ1) is 11.7. The average Bonchev–Trinajstić information content (AvgIpc) is 2.76. The predicted molar refractivity (Wildman–Crippen MR) is 80.2 cm³/mol. The Morgan fingerprint density at radius 1 is 0.952 bits per heavy atom. The second-order valence-corrected chi connectivity index (χ2v) is 5.00. The van der Waals surface area contributed by atoms with Crippen molar-refractivity contribution in [1.82, 2.24) is 0 Å². The van der Waals surface area contributed by atoms with Gasteiger partial charge in [0.2, 0.25) is 0 Å². The number of Topliss-reactive ketones (excluding diaryl/α,β-unsaturated/α-hetero) is 1. The summed E-state index contributed by atoms with van der Waals surface area (Å²) in [6.07, 6.45) is 0. The summed E-state index contributed by atoms with van der Waals surface area (Å²) in [5.74, 6) is -1.51. The Bertz CT molecular complexity index is 976. The van der Waals surface area contributed by atoms with E-state index in [4.69, 9.17) is 16.2 Å². The maximum absolute atomic E-state index is 12.1. The van der Waals surface area contributed by atoms with Crippen LogP contribution in [0.1, 0.15) is 10.4 Å². The zero-order valence-corrected chi connectivity index (χ0v) is 10.8. The second kappa shape index (κ2) is 3.73. The van der Waals surface area contributed by atoms with Gasteiger partial charge in [-0.05, 0) is 22.9 Å². The zero-order valence-electron chi connectivity index (χ0n) is 10.8. The van der Waals surface area contributed by atoms with Crippen molar-refractivity contribution in [3.05, 3.63) is 42.0 Å². The van der Waals surface area contributed by atoms with E-state index in [-0.39, 0.29) is 17.0 Å². The largest absolute Gasteiger partial charge is 0.417 e. The number of ether oxygens (including phenoxy) is 1. The molecule has 0 radical (unpaired) electrons. The van der Waals surface area contributed by atoms with Crippen molar-refractivity contribution in [2.75, 3.05) is 11.5 Å². The predicted octanol–water partition coefficient (Wildman–Crippen LogP) is 2.26. The van der Waals surface area contributed by atoms with E-state index < -0.39 is 11.8 Å². The van der Waals surface area contributed by atoms with Crippen molar-refractivity contribution in [1.29, 1.82) is 0 Å². The van der Waals surface area contributed by atoms with Gasteiger partial charge in [-0.15, -0.1) is 0 Å². The number of nitrogen functional groups attached to an aromatic ring is 2. The highest BCUT2D eigenvalue weighted by Crippen LogP contribution is 2.43. The quantitative estimate of drug-likeness (QED) is 0.216. The molecule has 0 saturated carbocycles. The van der Waals surface area contributed by atoms with Gasteiger partial charge in [0.1, 0.15) is 0 Å². The van der Waals surface area contributed by atoms with Gasteiger partial charge in [0.25, 0.3) is 5.78 Å². The summed E-state index contributed by atoms with van der Waals surface area (Å²) in [6, 6.07) is 11.1. The van der Waals surface area contributed by atoms with Crippen LogP contribution < -0.4 is 16.2 Å². The molecule has 102 valence electrons. The Morgan fingerprint density at radius 3 is 2.52 bits per heavy atom. The number of carbonyl (C=O) groups is 2. The van der Waals surface area contributed by atoms with Gasteiger partial charge in [0.05, 0.1) is 11.3 Å². The van der Waals surface area contributed by atoms with Crippen LogP contribution in [0.15, 0.2) is 36.4 Å². The monoisotopic (exact) mass is 278 g/mol.